The van der Waals surface area contributed by atoms with E-state index in [2.05, 4.69) is 15.0 Å². The largest absolute Gasteiger partial charge is 0.397 e. The highest BCUT2D eigenvalue weighted by atomic mass is 16.5. The zero-order valence-electron chi connectivity index (χ0n) is 8.83. The third-order valence-corrected chi connectivity index (χ3v) is 2.64. The van der Waals surface area contributed by atoms with Crippen LogP contribution >= 0.6 is 0 Å². The number of fused-ring (bicyclic) bond motifs is 1. The first-order chi connectivity index (χ1) is 7.83. The minimum atomic E-state index is 0.686. The van der Waals surface area contributed by atoms with Gasteiger partial charge in [0.2, 0.25) is 5.95 Å². The van der Waals surface area contributed by atoms with E-state index in [4.69, 9.17) is 10.5 Å². The maximum atomic E-state index is 5.69. The zero-order valence-corrected chi connectivity index (χ0v) is 8.83. The van der Waals surface area contributed by atoms with Crippen molar-refractivity contribution in [1.82, 2.24) is 14.6 Å². The van der Waals surface area contributed by atoms with E-state index in [-0.39, 0.29) is 0 Å². The smallest absolute Gasteiger partial charge is 0.245 e. The molecule has 3 rings (SSSR count). The molecule has 1 saturated heterocycles. The van der Waals surface area contributed by atoms with Gasteiger partial charge in [-0.05, 0) is 12.1 Å². The summed E-state index contributed by atoms with van der Waals surface area (Å²) in [6, 6.07) is 3.69. The predicted molar refractivity (Wildman–Crippen MR) is 60.4 cm³/mol. The van der Waals surface area contributed by atoms with Crippen LogP contribution in [0.15, 0.2) is 18.3 Å². The van der Waals surface area contributed by atoms with Crippen molar-refractivity contribution >= 4 is 17.3 Å². The van der Waals surface area contributed by atoms with Crippen LogP contribution < -0.4 is 10.6 Å². The Kier molecular flexibility index (Phi) is 2.14. The summed E-state index contributed by atoms with van der Waals surface area (Å²) in [5, 5.41) is 4.39. The van der Waals surface area contributed by atoms with Crippen molar-refractivity contribution in [1.29, 1.82) is 0 Å². The summed E-state index contributed by atoms with van der Waals surface area (Å²) in [5.74, 6) is 0.744. The number of ether oxygens (including phenoxy) is 1. The number of nitrogen functional groups attached to an aromatic ring is 1. The molecule has 3 heterocycles. The van der Waals surface area contributed by atoms with Gasteiger partial charge in [0.05, 0.1) is 25.1 Å². The van der Waals surface area contributed by atoms with E-state index in [0.717, 1.165) is 37.9 Å². The van der Waals surface area contributed by atoms with Gasteiger partial charge in [-0.3, -0.25) is 0 Å². The maximum Gasteiger partial charge on any atom is 0.245 e. The highest BCUT2D eigenvalue weighted by Gasteiger charge is 2.15. The van der Waals surface area contributed by atoms with Crippen LogP contribution in [0.25, 0.3) is 5.65 Å². The van der Waals surface area contributed by atoms with Crippen LogP contribution in [0.1, 0.15) is 0 Å². The molecule has 0 aliphatic carbocycles. The highest BCUT2D eigenvalue weighted by Crippen LogP contribution is 2.13. The van der Waals surface area contributed by atoms with Gasteiger partial charge in [-0.25, -0.2) is 4.52 Å². The quantitative estimate of drug-likeness (QED) is 0.739. The van der Waals surface area contributed by atoms with Crippen molar-refractivity contribution in [3.63, 3.8) is 0 Å². The molecule has 0 saturated carbocycles. The van der Waals surface area contributed by atoms with Crippen LogP contribution in [-0.4, -0.2) is 40.9 Å². The van der Waals surface area contributed by atoms with Crippen LogP contribution in [0.2, 0.25) is 0 Å². The van der Waals surface area contributed by atoms with Crippen LogP contribution in [0.3, 0.4) is 0 Å². The SMILES string of the molecule is Nc1ccc2nc(N3CCOCC3)nn2c1. The summed E-state index contributed by atoms with van der Waals surface area (Å²) in [5.41, 5.74) is 7.19. The molecule has 2 aromatic rings. The number of pyridine rings is 1. The average Bonchev–Trinajstić information content (AvgIpc) is 2.73. The van der Waals surface area contributed by atoms with E-state index in [1.54, 1.807) is 10.7 Å². The highest BCUT2D eigenvalue weighted by molar-refractivity contribution is 5.50. The molecule has 1 aliphatic heterocycles. The number of hydrogen-bond acceptors (Lipinski definition) is 5. The van der Waals surface area contributed by atoms with Crippen molar-refractivity contribution in [2.45, 2.75) is 0 Å². The van der Waals surface area contributed by atoms with E-state index in [0.29, 0.717) is 5.69 Å². The Balaban J connectivity index is 1.97. The standard InChI is InChI=1S/C10H13N5O/c11-8-1-2-9-12-10(13-15(9)7-8)14-3-5-16-6-4-14/h1-2,7H,3-6,11H2. The molecule has 0 unspecified atom stereocenters. The first-order valence-electron chi connectivity index (χ1n) is 5.27. The fourth-order valence-corrected chi connectivity index (χ4v) is 1.78. The molecule has 6 heteroatoms. The van der Waals surface area contributed by atoms with E-state index >= 15 is 0 Å². The number of morpholine rings is 1. The van der Waals surface area contributed by atoms with Crippen molar-refractivity contribution in [2.24, 2.45) is 0 Å². The Morgan fingerprint density at radius 1 is 1.25 bits per heavy atom. The molecule has 6 nitrogen and oxygen atoms in total. The second-order valence-electron chi connectivity index (χ2n) is 3.78. The number of rotatable bonds is 1. The summed E-state index contributed by atoms with van der Waals surface area (Å²) >= 11 is 0. The lowest BCUT2D eigenvalue weighted by molar-refractivity contribution is 0.122. The summed E-state index contributed by atoms with van der Waals surface area (Å²) in [6.45, 7) is 3.15. The molecular formula is C10H13N5O. The summed E-state index contributed by atoms with van der Waals surface area (Å²) in [4.78, 5) is 6.56. The Labute approximate surface area is 92.6 Å². The Morgan fingerprint density at radius 2 is 2.06 bits per heavy atom. The molecule has 0 radical (unpaired) electrons. The van der Waals surface area contributed by atoms with Gasteiger partial charge in [0.1, 0.15) is 0 Å². The van der Waals surface area contributed by atoms with Gasteiger partial charge in [0, 0.05) is 13.1 Å². The van der Waals surface area contributed by atoms with Gasteiger partial charge in [-0.2, -0.15) is 4.98 Å². The fraction of sp³-hybridized carbons (Fsp3) is 0.400. The number of anilines is 2. The summed E-state index contributed by atoms with van der Waals surface area (Å²) < 4.78 is 7.00. The van der Waals surface area contributed by atoms with E-state index < -0.39 is 0 Å². The topological polar surface area (TPSA) is 68.7 Å². The molecule has 0 spiro atoms. The fourth-order valence-electron chi connectivity index (χ4n) is 1.78. The molecular weight excluding hydrogens is 206 g/mol. The van der Waals surface area contributed by atoms with Gasteiger partial charge in [-0.1, -0.05) is 0 Å². The third-order valence-electron chi connectivity index (χ3n) is 2.64. The van der Waals surface area contributed by atoms with Gasteiger partial charge < -0.3 is 15.4 Å². The molecule has 1 aliphatic rings. The lowest BCUT2D eigenvalue weighted by Crippen LogP contribution is -2.36. The first-order valence-corrected chi connectivity index (χ1v) is 5.27. The maximum absolute atomic E-state index is 5.69. The second-order valence-corrected chi connectivity index (χ2v) is 3.78. The van der Waals surface area contributed by atoms with Gasteiger partial charge in [0.25, 0.3) is 0 Å². The average molecular weight is 219 g/mol. The minimum Gasteiger partial charge on any atom is -0.397 e. The normalized spacial score (nSPS) is 16.9. The molecule has 84 valence electrons. The van der Waals surface area contributed by atoms with E-state index in [1.807, 2.05) is 12.1 Å². The van der Waals surface area contributed by atoms with Crippen LogP contribution in [0.5, 0.6) is 0 Å². The molecule has 0 aromatic carbocycles. The van der Waals surface area contributed by atoms with Crippen LogP contribution in [0, 0.1) is 0 Å². The van der Waals surface area contributed by atoms with Crippen LogP contribution in [-0.2, 0) is 4.74 Å². The first kappa shape index (κ1) is 9.41. The molecule has 2 N–H and O–H groups in total. The Bertz CT molecular complexity index is 503. The number of nitrogens with two attached hydrogens (primary N) is 1. The Hall–Kier alpha value is -1.82. The molecule has 0 atom stereocenters. The van der Waals surface area contributed by atoms with E-state index in [1.165, 1.54) is 0 Å². The predicted octanol–water partition coefficient (Wildman–Crippen LogP) is 0.148. The second kappa shape index (κ2) is 3.64. The molecule has 1 fully saturated rings. The van der Waals surface area contributed by atoms with Crippen molar-refractivity contribution in [3.8, 4) is 0 Å². The van der Waals surface area contributed by atoms with Gasteiger partial charge in [-0.15, -0.1) is 5.10 Å². The van der Waals surface area contributed by atoms with E-state index in [9.17, 15) is 0 Å². The van der Waals surface area contributed by atoms with Gasteiger partial charge in [0.15, 0.2) is 5.65 Å². The molecule has 2 aromatic heterocycles. The molecule has 0 amide bonds. The summed E-state index contributed by atoms with van der Waals surface area (Å²) in [7, 11) is 0. The lowest BCUT2D eigenvalue weighted by Gasteiger charge is -2.25. The third kappa shape index (κ3) is 1.57. The van der Waals surface area contributed by atoms with Crippen molar-refractivity contribution in [3.05, 3.63) is 18.3 Å². The monoisotopic (exact) mass is 219 g/mol. The minimum absolute atomic E-state index is 0.686. The molecule has 16 heavy (non-hydrogen) atoms. The Morgan fingerprint density at radius 3 is 2.88 bits per heavy atom. The van der Waals surface area contributed by atoms with Crippen molar-refractivity contribution in [2.75, 3.05) is 36.9 Å². The number of hydrogen-bond donors (Lipinski definition) is 1. The van der Waals surface area contributed by atoms with Gasteiger partial charge >= 0.3 is 0 Å². The summed E-state index contributed by atoms with van der Waals surface area (Å²) in [6.07, 6.45) is 1.77. The number of aromatic nitrogens is 3. The molecule has 0 bridgehead atoms. The van der Waals surface area contributed by atoms with Crippen molar-refractivity contribution < 1.29 is 4.74 Å². The zero-order chi connectivity index (χ0) is 11.0. The number of nitrogens with zero attached hydrogens (tertiary/aromatic N) is 4. The lowest BCUT2D eigenvalue weighted by atomic mass is 10.4. The van der Waals surface area contributed by atoms with Crippen LogP contribution in [0.4, 0.5) is 11.6 Å².